The van der Waals surface area contributed by atoms with Gasteiger partial charge in [0.15, 0.2) is 0 Å². The number of hydrogen-bond donors (Lipinski definition) is 1. The molecular formula is C25H26ClN3O. The van der Waals surface area contributed by atoms with Crippen LogP contribution in [-0.2, 0) is 10.8 Å². The molecule has 2 heterocycles. The zero-order valence-corrected chi connectivity index (χ0v) is 18.7. The normalized spacial score (nSPS) is 13.1. The van der Waals surface area contributed by atoms with Crippen molar-refractivity contribution in [3.63, 3.8) is 0 Å². The summed E-state index contributed by atoms with van der Waals surface area (Å²) in [6.07, 6.45) is 0. The second-order valence-corrected chi connectivity index (χ2v) is 10.1. The molecule has 0 saturated carbocycles. The van der Waals surface area contributed by atoms with Crippen LogP contribution in [0.5, 0.6) is 5.75 Å². The van der Waals surface area contributed by atoms with Gasteiger partial charge in [-0.05, 0) is 40.8 Å². The van der Waals surface area contributed by atoms with Gasteiger partial charge in [-0.25, -0.2) is 0 Å². The molecule has 0 aliphatic carbocycles. The van der Waals surface area contributed by atoms with Gasteiger partial charge in [-0.15, -0.1) is 14.1 Å². The lowest BCUT2D eigenvalue weighted by molar-refractivity contribution is 0.448. The first-order valence-corrected chi connectivity index (χ1v) is 10.6. The number of halogens is 1. The molecule has 0 unspecified atom stereocenters. The highest BCUT2D eigenvalue weighted by Crippen LogP contribution is 2.43. The van der Waals surface area contributed by atoms with Gasteiger partial charge in [0.05, 0.1) is 0 Å². The fraction of sp³-hybridized carbons (Fsp3) is 0.280. The highest BCUT2D eigenvalue weighted by molar-refractivity contribution is 6.31. The van der Waals surface area contributed by atoms with Crippen molar-refractivity contribution in [2.24, 2.45) is 0 Å². The molecule has 5 rings (SSSR count). The maximum absolute atomic E-state index is 11.5. The largest absolute Gasteiger partial charge is 0.505 e. The van der Waals surface area contributed by atoms with E-state index in [-0.39, 0.29) is 10.8 Å². The SMILES string of the molecule is CC(C)(C)c1cc(-n2n3c4ccc(Cl)cc4n23)c(O)c(C(C)(C)c2ccccc2)c1. The minimum Gasteiger partial charge on any atom is -0.505 e. The monoisotopic (exact) mass is 419 g/mol. The van der Waals surface area contributed by atoms with Crippen LogP contribution in [-0.4, -0.2) is 19.2 Å². The van der Waals surface area contributed by atoms with Crippen LogP contribution in [0.3, 0.4) is 0 Å². The van der Waals surface area contributed by atoms with Crippen molar-refractivity contribution in [3.05, 3.63) is 82.4 Å². The summed E-state index contributed by atoms with van der Waals surface area (Å²) >= 11 is 6.18. The first-order valence-electron chi connectivity index (χ1n) is 10.2. The van der Waals surface area contributed by atoms with Gasteiger partial charge in [-0.1, -0.05) is 82.6 Å². The van der Waals surface area contributed by atoms with E-state index in [4.69, 9.17) is 11.6 Å². The molecule has 5 aromatic rings. The van der Waals surface area contributed by atoms with Gasteiger partial charge in [0.25, 0.3) is 0 Å². The third kappa shape index (κ3) is 2.67. The highest BCUT2D eigenvalue weighted by atomic mass is 35.5. The standard InChI is InChI=1S/C25H26ClN3O/c1-24(2,3)17-13-19(25(4,5)16-9-7-6-8-10-16)23(30)22(14-17)29-27-20-12-11-18(26)15-21(20)28(27)29/h6-15,30H,1-5H3. The third-order valence-corrected chi connectivity index (χ3v) is 6.45. The smallest absolute Gasteiger partial charge is 0.147 e. The first-order chi connectivity index (χ1) is 14.1. The van der Waals surface area contributed by atoms with E-state index in [0.717, 1.165) is 22.3 Å². The number of aromatic nitrogens is 3. The van der Waals surface area contributed by atoms with Crippen molar-refractivity contribution in [1.29, 1.82) is 0 Å². The van der Waals surface area contributed by atoms with E-state index in [9.17, 15) is 5.11 Å². The Morgan fingerprint density at radius 1 is 0.767 bits per heavy atom. The van der Waals surface area contributed by atoms with E-state index in [0.29, 0.717) is 10.8 Å². The molecular weight excluding hydrogens is 394 g/mol. The minimum atomic E-state index is -0.350. The lowest BCUT2D eigenvalue weighted by Crippen LogP contribution is -2.21. The summed E-state index contributed by atoms with van der Waals surface area (Å²) in [6, 6.07) is 20.5. The summed E-state index contributed by atoms with van der Waals surface area (Å²) in [6.45, 7) is 10.9. The molecule has 0 atom stereocenters. The minimum absolute atomic E-state index is 0.0557. The Balaban J connectivity index is 1.75. The first kappa shape index (κ1) is 19.1. The van der Waals surface area contributed by atoms with Crippen LogP contribution in [0.15, 0.2) is 60.7 Å². The summed E-state index contributed by atoms with van der Waals surface area (Å²) in [7, 11) is 0. The Morgan fingerprint density at radius 2 is 1.43 bits per heavy atom. The molecule has 4 nitrogen and oxygen atoms in total. The predicted octanol–water partition coefficient (Wildman–Crippen LogP) is 6.40. The number of fused-ring (bicyclic) bond motifs is 4. The molecule has 0 aliphatic heterocycles. The molecule has 0 bridgehead atoms. The van der Waals surface area contributed by atoms with Gasteiger partial charge >= 0.3 is 0 Å². The van der Waals surface area contributed by atoms with Crippen LogP contribution in [0.4, 0.5) is 0 Å². The van der Waals surface area contributed by atoms with Gasteiger partial charge in [-0.3, -0.25) is 0 Å². The van der Waals surface area contributed by atoms with Gasteiger partial charge in [0, 0.05) is 16.0 Å². The van der Waals surface area contributed by atoms with Crippen LogP contribution in [0.1, 0.15) is 51.3 Å². The summed E-state index contributed by atoms with van der Waals surface area (Å²) in [4.78, 5) is 2.01. The van der Waals surface area contributed by atoms with E-state index >= 15 is 0 Å². The molecule has 2 aromatic heterocycles. The van der Waals surface area contributed by atoms with Gasteiger partial charge in [-0.2, -0.15) is 0 Å². The fourth-order valence-corrected chi connectivity index (χ4v) is 4.38. The summed E-state index contributed by atoms with van der Waals surface area (Å²) in [5.74, 6) is 0.309. The lowest BCUT2D eigenvalue weighted by atomic mass is 9.75. The van der Waals surface area contributed by atoms with Crippen molar-refractivity contribution in [1.82, 2.24) is 14.1 Å². The highest BCUT2D eigenvalue weighted by Gasteiger charge is 2.33. The maximum atomic E-state index is 11.5. The Hall–Kier alpha value is -2.85. The van der Waals surface area contributed by atoms with Gasteiger partial charge < -0.3 is 5.11 Å². The number of phenolic OH excluding ortho intramolecular Hbond substituents is 1. The second kappa shape index (κ2) is 6.08. The molecule has 0 aliphatic rings. The van der Waals surface area contributed by atoms with E-state index in [1.54, 1.807) is 0 Å². The Labute approximate surface area is 181 Å². The molecule has 3 aromatic carbocycles. The lowest BCUT2D eigenvalue weighted by Gasteiger charge is -2.30. The molecule has 5 heteroatoms. The van der Waals surface area contributed by atoms with Crippen LogP contribution in [0, 0.1) is 0 Å². The van der Waals surface area contributed by atoms with Crippen molar-refractivity contribution in [2.75, 3.05) is 0 Å². The van der Waals surface area contributed by atoms with Crippen molar-refractivity contribution >= 4 is 22.6 Å². The molecule has 1 N–H and O–H groups in total. The van der Waals surface area contributed by atoms with Crippen LogP contribution < -0.4 is 0 Å². The van der Waals surface area contributed by atoms with Gasteiger partial charge in [0.1, 0.15) is 22.5 Å². The topological polar surface area (TPSA) is 34.0 Å². The zero-order chi connectivity index (χ0) is 21.4. The van der Waals surface area contributed by atoms with E-state index < -0.39 is 0 Å². The van der Waals surface area contributed by atoms with E-state index in [1.165, 1.54) is 11.1 Å². The van der Waals surface area contributed by atoms with Gasteiger partial charge in [0.2, 0.25) is 0 Å². The summed E-state index contributed by atoms with van der Waals surface area (Å²) in [5.41, 5.74) is 5.79. The summed E-state index contributed by atoms with van der Waals surface area (Å²) in [5, 5.41) is 12.2. The molecule has 154 valence electrons. The molecule has 0 spiro atoms. The third-order valence-electron chi connectivity index (χ3n) is 6.22. The van der Waals surface area contributed by atoms with E-state index in [2.05, 4.69) is 58.9 Å². The second-order valence-electron chi connectivity index (χ2n) is 9.63. The number of phenols is 1. The number of aromatic hydroxyl groups is 1. The Morgan fingerprint density at radius 3 is 2.10 bits per heavy atom. The molecule has 30 heavy (non-hydrogen) atoms. The maximum Gasteiger partial charge on any atom is 0.147 e. The van der Waals surface area contributed by atoms with Crippen molar-refractivity contribution in [2.45, 2.75) is 45.4 Å². The van der Waals surface area contributed by atoms with E-state index in [1.807, 2.05) is 50.5 Å². The number of nitrogens with zero attached hydrogens (tertiary/aromatic N) is 3. The van der Waals surface area contributed by atoms with Crippen molar-refractivity contribution < 1.29 is 5.11 Å². The quantitative estimate of drug-likeness (QED) is 0.360. The molecule has 0 radical (unpaired) electrons. The van der Waals surface area contributed by atoms with Crippen LogP contribution >= 0.6 is 11.6 Å². The predicted molar refractivity (Wildman–Crippen MR) is 123 cm³/mol. The zero-order valence-electron chi connectivity index (χ0n) is 17.9. The average Bonchev–Trinajstić information content (AvgIpc) is 3.35. The van der Waals surface area contributed by atoms with Crippen molar-refractivity contribution in [3.8, 4) is 11.4 Å². The average molecular weight is 420 g/mol. The fourth-order valence-electron chi connectivity index (χ4n) is 4.21. The number of hydrogen-bond acceptors (Lipinski definition) is 1. The molecule has 0 fully saturated rings. The number of benzene rings is 3. The number of rotatable bonds is 3. The van der Waals surface area contributed by atoms with Crippen LogP contribution in [0.25, 0.3) is 16.7 Å². The van der Waals surface area contributed by atoms with Crippen LogP contribution in [0.2, 0.25) is 5.02 Å². The summed E-state index contributed by atoms with van der Waals surface area (Å²) < 4.78 is 4.08. The Bertz CT molecular complexity index is 1360. The molecule has 0 saturated heterocycles. The Kier molecular flexibility index (Phi) is 3.88. The molecule has 0 amide bonds.